The Bertz CT molecular complexity index is 801. The average molecular weight is 386 g/mol. The van der Waals surface area contributed by atoms with E-state index in [-0.39, 0.29) is 18.4 Å². The molecule has 1 aromatic rings. The molecule has 1 heterocycles. The van der Waals surface area contributed by atoms with Gasteiger partial charge in [-0.3, -0.25) is 19.3 Å². The van der Waals surface area contributed by atoms with Crippen LogP contribution in [0.2, 0.25) is 0 Å². The molecule has 5 amide bonds. The summed E-state index contributed by atoms with van der Waals surface area (Å²) in [5.74, 6) is -0.759. The van der Waals surface area contributed by atoms with Crippen LogP contribution >= 0.6 is 0 Å². The molecule has 0 radical (unpaired) electrons. The Morgan fingerprint density at radius 3 is 2.61 bits per heavy atom. The quantitative estimate of drug-likeness (QED) is 0.729. The molecule has 2 aliphatic rings. The molecule has 2 N–H and O–H groups in total. The molecule has 1 aliphatic heterocycles. The van der Waals surface area contributed by atoms with Gasteiger partial charge in [0.1, 0.15) is 12.1 Å². The number of benzene rings is 1. The predicted octanol–water partition coefficient (Wildman–Crippen LogP) is 1.86. The van der Waals surface area contributed by atoms with Crippen LogP contribution in [0.25, 0.3) is 0 Å². The maximum atomic E-state index is 12.6. The molecule has 1 saturated carbocycles. The molecule has 0 unspecified atom stereocenters. The van der Waals surface area contributed by atoms with Crippen LogP contribution in [0.4, 0.5) is 10.5 Å². The number of carbonyl (C=O) groups is 4. The molecule has 1 spiro atoms. The fourth-order valence-corrected chi connectivity index (χ4v) is 3.89. The van der Waals surface area contributed by atoms with E-state index >= 15 is 0 Å². The summed E-state index contributed by atoms with van der Waals surface area (Å²) in [6.07, 6.45) is 3.05. The van der Waals surface area contributed by atoms with Crippen molar-refractivity contribution in [1.82, 2.24) is 15.1 Å². The maximum Gasteiger partial charge on any atom is 0.325 e. The van der Waals surface area contributed by atoms with Gasteiger partial charge < -0.3 is 15.5 Å². The van der Waals surface area contributed by atoms with Crippen LogP contribution in [0, 0.1) is 0 Å². The fraction of sp³-hybridized carbons (Fsp3) is 0.500. The van der Waals surface area contributed by atoms with Crippen LogP contribution in [0.5, 0.6) is 0 Å². The Morgan fingerprint density at radius 2 is 1.96 bits per heavy atom. The van der Waals surface area contributed by atoms with Crippen molar-refractivity contribution >= 4 is 29.4 Å². The number of rotatable bonds is 6. The number of amides is 5. The van der Waals surface area contributed by atoms with Gasteiger partial charge in [0.2, 0.25) is 11.8 Å². The first kappa shape index (κ1) is 19.9. The van der Waals surface area contributed by atoms with Crippen molar-refractivity contribution in [3.8, 4) is 0 Å². The van der Waals surface area contributed by atoms with E-state index in [9.17, 15) is 19.2 Å². The molecule has 0 atom stereocenters. The predicted molar refractivity (Wildman–Crippen MR) is 103 cm³/mol. The van der Waals surface area contributed by atoms with Gasteiger partial charge in [0.05, 0.1) is 0 Å². The van der Waals surface area contributed by atoms with Crippen molar-refractivity contribution in [2.75, 3.05) is 18.4 Å². The van der Waals surface area contributed by atoms with Gasteiger partial charge in [-0.25, -0.2) is 4.79 Å². The Morgan fingerprint density at radius 1 is 1.25 bits per heavy atom. The van der Waals surface area contributed by atoms with E-state index in [1.165, 1.54) is 6.92 Å². The summed E-state index contributed by atoms with van der Waals surface area (Å²) < 4.78 is 0. The first-order valence-corrected chi connectivity index (χ1v) is 9.63. The molecule has 28 heavy (non-hydrogen) atoms. The zero-order valence-corrected chi connectivity index (χ0v) is 16.3. The summed E-state index contributed by atoms with van der Waals surface area (Å²) in [5, 5.41) is 5.50. The van der Waals surface area contributed by atoms with Gasteiger partial charge >= 0.3 is 6.03 Å². The lowest BCUT2D eigenvalue weighted by Gasteiger charge is -2.20. The number of nitrogens with zero attached hydrogens (tertiary/aromatic N) is 2. The standard InChI is InChI=1S/C20H26N4O4/c1-3-23(14(2)25)12-15-7-6-8-16(11-15)21-17(26)13-24-18(27)20(22-19(24)28)9-4-5-10-20/h6-8,11H,3-5,9-10,12-13H2,1-2H3,(H,21,26)(H,22,28). The lowest BCUT2D eigenvalue weighted by atomic mass is 9.98. The highest BCUT2D eigenvalue weighted by Crippen LogP contribution is 2.34. The van der Waals surface area contributed by atoms with Crippen molar-refractivity contribution in [3.63, 3.8) is 0 Å². The molecule has 1 saturated heterocycles. The second-order valence-corrected chi connectivity index (χ2v) is 7.39. The molecule has 3 rings (SSSR count). The van der Waals surface area contributed by atoms with Crippen LogP contribution in [0.15, 0.2) is 24.3 Å². The zero-order valence-electron chi connectivity index (χ0n) is 16.3. The zero-order chi connectivity index (χ0) is 20.3. The lowest BCUT2D eigenvalue weighted by molar-refractivity contribution is -0.133. The normalized spacial score (nSPS) is 17.7. The lowest BCUT2D eigenvalue weighted by Crippen LogP contribution is -2.44. The van der Waals surface area contributed by atoms with E-state index in [0.717, 1.165) is 23.3 Å². The van der Waals surface area contributed by atoms with Crippen molar-refractivity contribution in [3.05, 3.63) is 29.8 Å². The third-order valence-electron chi connectivity index (χ3n) is 5.42. The van der Waals surface area contributed by atoms with Gasteiger partial charge in [0, 0.05) is 25.7 Å². The number of anilines is 1. The van der Waals surface area contributed by atoms with Gasteiger partial charge in [-0.05, 0) is 37.5 Å². The first-order valence-electron chi connectivity index (χ1n) is 9.63. The molecule has 2 fully saturated rings. The van der Waals surface area contributed by atoms with Crippen LogP contribution in [-0.4, -0.2) is 52.2 Å². The summed E-state index contributed by atoms with van der Waals surface area (Å²) in [5.41, 5.74) is 0.632. The van der Waals surface area contributed by atoms with E-state index in [1.54, 1.807) is 23.1 Å². The molecular formula is C20H26N4O4. The topological polar surface area (TPSA) is 98.8 Å². The van der Waals surface area contributed by atoms with E-state index in [4.69, 9.17) is 0 Å². The van der Waals surface area contributed by atoms with Gasteiger partial charge in [-0.1, -0.05) is 25.0 Å². The number of nitrogens with one attached hydrogen (secondary N) is 2. The van der Waals surface area contributed by atoms with Crippen LogP contribution in [0.3, 0.4) is 0 Å². The highest BCUT2D eigenvalue weighted by Gasteiger charge is 2.52. The molecule has 1 aromatic carbocycles. The summed E-state index contributed by atoms with van der Waals surface area (Å²) in [4.78, 5) is 51.5. The van der Waals surface area contributed by atoms with Crippen LogP contribution in [-0.2, 0) is 20.9 Å². The molecule has 8 nitrogen and oxygen atoms in total. The second-order valence-electron chi connectivity index (χ2n) is 7.39. The third-order valence-corrected chi connectivity index (χ3v) is 5.42. The number of carbonyl (C=O) groups excluding carboxylic acids is 4. The number of imide groups is 1. The largest absolute Gasteiger partial charge is 0.339 e. The molecule has 1 aliphatic carbocycles. The van der Waals surface area contributed by atoms with E-state index in [0.29, 0.717) is 31.6 Å². The average Bonchev–Trinajstić information content (AvgIpc) is 3.20. The van der Waals surface area contributed by atoms with Crippen molar-refractivity contribution < 1.29 is 19.2 Å². The van der Waals surface area contributed by atoms with Gasteiger partial charge in [0.25, 0.3) is 5.91 Å². The minimum absolute atomic E-state index is 0.0173. The van der Waals surface area contributed by atoms with Crippen LogP contribution in [0.1, 0.15) is 45.1 Å². The molecular weight excluding hydrogens is 360 g/mol. The second kappa shape index (κ2) is 8.00. The van der Waals surface area contributed by atoms with Gasteiger partial charge in [0.15, 0.2) is 0 Å². The summed E-state index contributed by atoms with van der Waals surface area (Å²) >= 11 is 0. The smallest absolute Gasteiger partial charge is 0.325 e. The fourth-order valence-electron chi connectivity index (χ4n) is 3.89. The monoisotopic (exact) mass is 386 g/mol. The van der Waals surface area contributed by atoms with Crippen LogP contribution < -0.4 is 10.6 Å². The Labute approximate surface area is 164 Å². The molecule has 0 aromatic heterocycles. The van der Waals surface area contributed by atoms with Crippen molar-refractivity contribution in [2.24, 2.45) is 0 Å². The van der Waals surface area contributed by atoms with E-state index in [2.05, 4.69) is 10.6 Å². The van der Waals surface area contributed by atoms with Crippen molar-refractivity contribution in [2.45, 2.75) is 51.6 Å². The van der Waals surface area contributed by atoms with E-state index in [1.807, 2.05) is 13.0 Å². The Balaban J connectivity index is 1.62. The minimum Gasteiger partial charge on any atom is -0.339 e. The van der Waals surface area contributed by atoms with Gasteiger partial charge in [-0.15, -0.1) is 0 Å². The number of hydrogen-bond acceptors (Lipinski definition) is 4. The molecule has 150 valence electrons. The number of hydrogen-bond donors (Lipinski definition) is 2. The Hall–Kier alpha value is -2.90. The van der Waals surface area contributed by atoms with E-state index < -0.39 is 17.5 Å². The molecule has 8 heteroatoms. The third kappa shape index (κ3) is 4.00. The highest BCUT2D eigenvalue weighted by atomic mass is 16.2. The summed E-state index contributed by atoms with van der Waals surface area (Å²) in [6.45, 7) is 4.16. The maximum absolute atomic E-state index is 12.6. The highest BCUT2D eigenvalue weighted by molar-refractivity contribution is 6.10. The number of urea groups is 1. The first-order chi connectivity index (χ1) is 13.3. The molecule has 0 bridgehead atoms. The minimum atomic E-state index is -0.812. The Kier molecular flexibility index (Phi) is 5.67. The SMILES string of the molecule is CCN(Cc1cccc(NC(=O)CN2C(=O)NC3(CCCC3)C2=O)c1)C(C)=O. The van der Waals surface area contributed by atoms with Gasteiger partial charge in [-0.2, -0.15) is 0 Å². The summed E-state index contributed by atoms with van der Waals surface area (Å²) in [6, 6.07) is 6.68. The van der Waals surface area contributed by atoms with Crippen molar-refractivity contribution in [1.29, 1.82) is 0 Å². The summed E-state index contributed by atoms with van der Waals surface area (Å²) in [7, 11) is 0.